The molecule has 0 spiro atoms. The summed E-state index contributed by atoms with van der Waals surface area (Å²) in [5.41, 5.74) is 1.10. The molecule has 0 aliphatic heterocycles. The van der Waals surface area contributed by atoms with Crippen LogP contribution in [0.3, 0.4) is 0 Å². The molecule has 12 heteroatoms. The Kier molecular flexibility index (Phi) is 8.09. The highest BCUT2D eigenvalue weighted by molar-refractivity contribution is 7.18. The van der Waals surface area contributed by atoms with Gasteiger partial charge in [0, 0.05) is 23.4 Å². The standard InChI is InChI=1S/C22H24N6O5S/c1-4-13(2)18(24-21(30)23-15-7-9-16(10-8-15)28(31)32)19(29)25-22-27-26-20(34-22)14-5-11-17(33-3)12-6-14/h5-13,18H,4H2,1-3H3,(H2,23,24,30)(H,25,27,29)/t13-,18-/m1/s1. The molecule has 0 radical (unpaired) electrons. The number of carbonyl (C=O) groups excluding carboxylic acids is 2. The monoisotopic (exact) mass is 484 g/mol. The highest BCUT2D eigenvalue weighted by Crippen LogP contribution is 2.28. The zero-order valence-electron chi connectivity index (χ0n) is 18.8. The Hall–Kier alpha value is -4.06. The minimum absolute atomic E-state index is 0.0890. The zero-order chi connectivity index (χ0) is 24.7. The number of nitrogens with one attached hydrogen (secondary N) is 3. The van der Waals surface area contributed by atoms with Crippen molar-refractivity contribution in [2.75, 3.05) is 17.7 Å². The van der Waals surface area contributed by atoms with E-state index in [9.17, 15) is 19.7 Å². The number of nitro benzene ring substituents is 1. The normalized spacial score (nSPS) is 12.3. The maximum atomic E-state index is 12.9. The number of nitrogens with zero attached hydrogens (tertiary/aromatic N) is 3. The molecule has 0 fully saturated rings. The number of nitro groups is 1. The quantitative estimate of drug-likeness (QED) is 0.303. The van der Waals surface area contributed by atoms with Crippen molar-refractivity contribution in [3.8, 4) is 16.3 Å². The molecule has 3 amide bonds. The van der Waals surface area contributed by atoms with E-state index in [1.165, 1.54) is 35.6 Å². The van der Waals surface area contributed by atoms with Crippen LogP contribution in [0.4, 0.5) is 21.3 Å². The molecule has 0 aliphatic carbocycles. The molecule has 1 aromatic heterocycles. The van der Waals surface area contributed by atoms with Gasteiger partial charge in [-0.15, -0.1) is 10.2 Å². The third kappa shape index (κ3) is 6.25. The molecule has 0 bridgehead atoms. The molecule has 3 aromatic rings. The van der Waals surface area contributed by atoms with Crippen LogP contribution in [0.2, 0.25) is 0 Å². The average Bonchev–Trinajstić information content (AvgIpc) is 3.30. The summed E-state index contributed by atoms with van der Waals surface area (Å²) in [5, 5.41) is 27.8. The van der Waals surface area contributed by atoms with Gasteiger partial charge in [0.2, 0.25) is 11.0 Å². The van der Waals surface area contributed by atoms with Crippen molar-refractivity contribution in [3.05, 3.63) is 58.6 Å². The first-order valence-electron chi connectivity index (χ1n) is 10.4. The molecule has 3 N–H and O–H groups in total. The first kappa shape index (κ1) is 24.6. The molecule has 0 aliphatic rings. The van der Waals surface area contributed by atoms with Gasteiger partial charge in [-0.25, -0.2) is 4.79 Å². The Morgan fingerprint density at radius 1 is 1.09 bits per heavy atom. The van der Waals surface area contributed by atoms with Gasteiger partial charge >= 0.3 is 6.03 Å². The van der Waals surface area contributed by atoms with Crippen LogP contribution in [0.25, 0.3) is 10.6 Å². The molecule has 2 aromatic carbocycles. The summed E-state index contributed by atoms with van der Waals surface area (Å²) in [6.07, 6.45) is 0.642. The Morgan fingerprint density at radius 2 is 1.76 bits per heavy atom. The second-order valence-corrected chi connectivity index (χ2v) is 8.37. The van der Waals surface area contributed by atoms with Crippen molar-refractivity contribution < 1.29 is 19.2 Å². The zero-order valence-corrected chi connectivity index (χ0v) is 19.6. The maximum absolute atomic E-state index is 12.9. The molecule has 0 saturated carbocycles. The van der Waals surface area contributed by atoms with Crippen LogP contribution in [-0.2, 0) is 4.79 Å². The van der Waals surface area contributed by atoms with E-state index < -0.39 is 22.9 Å². The van der Waals surface area contributed by atoms with Crippen LogP contribution in [0.5, 0.6) is 5.75 Å². The summed E-state index contributed by atoms with van der Waals surface area (Å²) in [5.74, 6) is 0.124. The molecule has 34 heavy (non-hydrogen) atoms. The summed E-state index contributed by atoms with van der Waals surface area (Å²) in [6.45, 7) is 3.76. The second kappa shape index (κ2) is 11.2. The van der Waals surface area contributed by atoms with E-state index in [1.54, 1.807) is 19.2 Å². The number of anilines is 2. The van der Waals surface area contributed by atoms with Crippen LogP contribution in [0.15, 0.2) is 48.5 Å². The number of carbonyl (C=O) groups is 2. The van der Waals surface area contributed by atoms with E-state index >= 15 is 0 Å². The summed E-state index contributed by atoms with van der Waals surface area (Å²) >= 11 is 1.21. The van der Waals surface area contributed by atoms with Gasteiger partial charge in [0.25, 0.3) is 5.69 Å². The van der Waals surface area contributed by atoms with E-state index in [4.69, 9.17) is 4.74 Å². The van der Waals surface area contributed by atoms with Crippen LogP contribution in [0, 0.1) is 16.0 Å². The number of ether oxygens (including phenoxy) is 1. The van der Waals surface area contributed by atoms with Gasteiger partial charge in [-0.1, -0.05) is 31.6 Å². The molecule has 3 rings (SSSR count). The highest BCUT2D eigenvalue weighted by atomic mass is 32.1. The van der Waals surface area contributed by atoms with Gasteiger partial charge in [0.1, 0.15) is 16.8 Å². The molecule has 11 nitrogen and oxygen atoms in total. The van der Waals surface area contributed by atoms with Gasteiger partial charge in [-0.2, -0.15) is 0 Å². The summed E-state index contributed by atoms with van der Waals surface area (Å²) in [6, 6.07) is 11.3. The Bertz CT molecular complexity index is 1150. The molecular weight excluding hydrogens is 460 g/mol. The van der Waals surface area contributed by atoms with E-state index in [1.807, 2.05) is 26.0 Å². The molecule has 2 atom stereocenters. The van der Waals surface area contributed by atoms with Gasteiger partial charge in [0.15, 0.2) is 0 Å². The van der Waals surface area contributed by atoms with E-state index in [0.717, 1.165) is 11.3 Å². The van der Waals surface area contributed by atoms with E-state index in [0.29, 0.717) is 22.2 Å². The Morgan fingerprint density at radius 3 is 2.35 bits per heavy atom. The third-order valence-electron chi connectivity index (χ3n) is 5.11. The van der Waals surface area contributed by atoms with Gasteiger partial charge in [0.05, 0.1) is 12.0 Å². The SMILES string of the molecule is CC[C@@H](C)[C@@H](NC(=O)Nc1ccc([N+](=O)[O-])cc1)C(=O)Nc1nnc(-c2ccc(OC)cc2)s1. The fourth-order valence-corrected chi connectivity index (χ4v) is 3.74. The first-order valence-corrected chi connectivity index (χ1v) is 11.2. The second-order valence-electron chi connectivity index (χ2n) is 7.40. The van der Waals surface area contributed by atoms with E-state index in [2.05, 4.69) is 26.1 Å². The lowest BCUT2D eigenvalue weighted by Crippen LogP contribution is -2.49. The summed E-state index contributed by atoms with van der Waals surface area (Å²) in [4.78, 5) is 35.7. The Labute approximate surface area is 199 Å². The maximum Gasteiger partial charge on any atom is 0.319 e. The van der Waals surface area contributed by atoms with Crippen LogP contribution >= 0.6 is 11.3 Å². The summed E-state index contributed by atoms with van der Waals surface area (Å²) < 4.78 is 5.15. The highest BCUT2D eigenvalue weighted by Gasteiger charge is 2.27. The summed E-state index contributed by atoms with van der Waals surface area (Å²) in [7, 11) is 1.58. The molecular formula is C22H24N6O5S. The van der Waals surface area contributed by atoms with Gasteiger partial charge in [-0.05, 0) is 42.3 Å². The van der Waals surface area contributed by atoms with Gasteiger partial charge in [-0.3, -0.25) is 20.2 Å². The van der Waals surface area contributed by atoms with Crippen molar-refractivity contribution in [2.45, 2.75) is 26.3 Å². The lowest BCUT2D eigenvalue weighted by atomic mass is 9.98. The molecule has 0 unspecified atom stereocenters. The number of amides is 3. The minimum atomic E-state index is -0.837. The number of benzene rings is 2. The lowest BCUT2D eigenvalue weighted by Gasteiger charge is -2.23. The fraction of sp³-hybridized carbons (Fsp3) is 0.273. The van der Waals surface area contributed by atoms with Crippen LogP contribution in [-0.4, -0.2) is 40.2 Å². The lowest BCUT2D eigenvalue weighted by molar-refractivity contribution is -0.384. The number of hydrogen-bond donors (Lipinski definition) is 3. The smallest absolute Gasteiger partial charge is 0.319 e. The van der Waals surface area contributed by atoms with Crippen molar-refractivity contribution in [3.63, 3.8) is 0 Å². The number of aromatic nitrogens is 2. The van der Waals surface area contributed by atoms with Crippen molar-refractivity contribution >= 4 is 39.8 Å². The van der Waals surface area contributed by atoms with Crippen LogP contribution < -0.4 is 20.7 Å². The molecule has 178 valence electrons. The van der Waals surface area contributed by atoms with Crippen molar-refractivity contribution in [2.24, 2.45) is 5.92 Å². The first-order chi connectivity index (χ1) is 16.3. The third-order valence-corrected chi connectivity index (χ3v) is 6.00. The fourth-order valence-electron chi connectivity index (χ4n) is 2.98. The topological polar surface area (TPSA) is 148 Å². The predicted molar refractivity (Wildman–Crippen MR) is 129 cm³/mol. The van der Waals surface area contributed by atoms with Crippen LogP contribution in [0.1, 0.15) is 20.3 Å². The minimum Gasteiger partial charge on any atom is -0.497 e. The number of methoxy groups -OCH3 is 1. The van der Waals surface area contributed by atoms with Gasteiger partial charge < -0.3 is 15.4 Å². The molecule has 1 heterocycles. The number of non-ortho nitro benzene ring substituents is 1. The average molecular weight is 485 g/mol. The Balaban J connectivity index is 1.65. The predicted octanol–water partition coefficient (Wildman–Crippen LogP) is 4.30. The number of urea groups is 1. The number of hydrogen-bond acceptors (Lipinski definition) is 8. The van der Waals surface area contributed by atoms with Crippen molar-refractivity contribution in [1.29, 1.82) is 0 Å². The largest absolute Gasteiger partial charge is 0.497 e. The van der Waals surface area contributed by atoms with Crippen molar-refractivity contribution in [1.82, 2.24) is 15.5 Å². The molecule has 0 saturated heterocycles. The van der Waals surface area contributed by atoms with E-state index in [-0.39, 0.29) is 11.6 Å². The number of rotatable bonds is 9.